The zero-order valence-electron chi connectivity index (χ0n) is 16.1. The third-order valence-corrected chi connectivity index (χ3v) is 6.00. The van der Waals surface area contributed by atoms with Crippen LogP contribution >= 0.6 is 11.6 Å². The molecule has 6 nitrogen and oxygen atoms in total. The molecule has 0 aliphatic carbocycles. The molecule has 2 heterocycles. The van der Waals surface area contributed by atoms with Gasteiger partial charge in [0.25, 0.3) is 5.91 Å². The summed E-state index contributed by atoms with van der Waals surface area (Å²) in [7, 11) is 0. The average molecular weight is 412 g/mol. The Balaban J connectivity index is 1.51. The molecule has 4 rings (SSSR count). The van der Waals surface area contributed by atoms with Gasteiger partial charge in [-0.3, -0.25) is 14.5 Å². The maximum absolute atomic E-state index is 13.0. The smallest absolute Gasteiger partial charge is 0.325 e. The fraction of sp³-hybridized carbons (Fsp3) is 0.318. The Kier molecular flexibility index (Phi) is 5.04. The lowest BCUT2D eigenvalue weighted by Crippen LogP contribution is -2.44. The first-order chi connectivity index (χ1) is 13.9. The molecule has 1 N–H and O–H groups in total. The summed E-state index contributed by atoms with van der Waals surface area (Å²) in [6.45, 7) is 2.00. The van der Waals surface area contributed by atoms with Crippen LogP contribution in [-0.2, 0) is 15.1 Å². The summed E-state index contributed by atoms with van der Waals surface area (Å²) in [5.74, 6) is -0.646. The summed E-state index contributed by atoms with van der Waals surface area (Å²) in [5, 5.41) is 3.39. The summed E-state index contributed by atoms with van der Waals surface area (Å²) in [4.78, 5) is 41.3. The van der Waals surface area contributed by atoms with Crippen molar-refractivity contribution < 1.29 is 14.4 Å². The van der Waals surface area contributed by atoms with Gasteiger partial charge in [0, 0.05) is 11.6 Å². The van der Waals surface area contributed by atoms with Crippen LogP contribution in [0, 0.1) is 0 Å². The van der Waals surface area contributed by atoms with E-state index < -0.39 is 17.5 Å². The molecule has 2 unspecified atom stereocenters. The summed E-state index contributed by atoms with van der Waals surface area (Å²) in [6.07, 6.45) is 1.72. The molecule has 2 fully saturated rings. The molecule has 2 aromatic carbocycles. The molecule has 0 saturated carbocycles. The monoisotopic (exact) mass is 411 g/mol. The maximum atomic E-state index is 13.0. The number of carbonyl (C=O) groups excluding carboxylic acids is 3. The highest BCUT2D eigenvalue weighted by atomic mass is 35.5. The second kappa shape index (κ2) is 7.52. The molecule has 7 heteroatoms. The van der Waals surface area contributed by atoms with Crippen LogP contribution in [0.15, 0.2) is 54.6 Å². The van der Waals surface area contributed by atoms with Crippen molar-refractivity contribution >= 4 is 29.4 Å². The van der Waals surface area contributed by atoms with Crippen molar-refractivity contribution in [2.75, 3.05) is 13.1 Å². The van der Waals surface area contributed by atoms with Gasteiger partial charge in [-0.05, 0) is 43.0 Å². The summed E-state index contributed by atoms with van der Waals surface area (Å²) in [6, 6.07) is 15.9. The number of imide groups is 1. The third-order valence-electron chi connectivity index (χ3n) is 5.75. The van der Waals surface area contributed by atoms with E-state index in [0.29, 0.717) is 17.1 Å². The molecular formula is C22H22ClN3O3. The minimum Gasteiger partial charge on any atom is -0.334 e. The predicted octanol–water partition coefficient (Wildman–Crippen LogP) is 3.47. The molecule has 0 radical (unpaired) electrons. The second-order valence-corrected chi connectivity index (χ2v) is 8.05. The lowest BCUT2D eigenvalue weighted by Gasteiger charge is -2.27. The molecule has 4 amide bonds. The van der Waals surface area contributed by atoms with E-state index in [2.05, 4.69) is 5.32 Å². The van der Waals surface area contributed by atoms with Gasteiger partial charge < -0.3 is 10.2 Å². The fourth-order valence-corrected chi connectivity index (χ4v) is 4.26. The van der Waals surface area contributed by atoms with E-state index in [1.165, 1.54) is 0 Å². The Bertz CT molecular complexity index is 948. The van der Waals surface area contributed by atoms with Crippen LogP contribution in [0.3, 0.4) is 0 Å². The zero-order valence-corrected chi connectivity index (χ0v) is 16.9. The van der Waals surface area contributed by atoms with Crippen molar-refractivity contribution in [1.29, 1.82) is 0 Å². The number of hydrogen-bond donors (Lipinski definition) is 1. The lowest BCUT2D eigenvalue weighted by atomic mass is 9.92. The van der Waals surface area contributed by atoms with Crippen molar-refractivity contribution in [2.45, 2.75) is 31.3 Å². The summed E-state index contributed by atoms with van der Waals surface area (Å²) < 4.78 is 0. The van der Waals surface area contributed by atoms with Gasteiger partial charge in [0.05, 0.1) is 6.04 Å². The number of halogens is 1. The number of benzene rings is 2. The van der Waals surface area contributed by atoms with Crippen molar-refractivity contribution in [2.24, 2.45) is 0 Å². The lowest BCUT2D eigenvalue weighted by molar-refractivity contribution is -0.139. The Morgan fingerprint density at radius 2 is 1.83 bits per heavy atom. The zero-order chi connectivity index (χ0) is 20.6. The van der Waals surface area contributed by atoms with E-state index in [9.17, 15) is 14.4 Å². The van der Waals surface area contributed by atoms with Gasteiger partial charge in [-0.15, -0.1) is 0 Å². The van der Waals surface area contributed by atoms with Gasteiger partial charge in [-0.2, -0.15) is 0 Å². The van der Waals surface area contributed by atoms with E-state index >= 15 is 0 Å². The number of likely N-dealkylation sites (tertiary alicyclic amines) is 1. The molecule has 2 saturated heterocycles. The molecule has 2 aromatic rings. The van der Waals surface area contributed by atoms with Crippen LogP contribution in [0.1, 0.15) is 36.9 Å². The number of carbonyl (C=O) groups is 3. The Hall–Kier alpha value is -2.86. The van der Waals surface area contributed by atoms with Crippen LogP contribution in [0.2, 0.25) is 5.02 Å². The Morgan fingerprint density at radius 1 is 1.14 bits per heavy atom. The minimum absolute atomic E-state index is 0.0685. The SMILES string of the molecule is CC1(c2ccccc2)NC(=O)N(CC(=O)N2CCCC2c2ccc(Cl)cc2)C1=O. The number of urea groups is 1. The second-order valence-electron chi connectivity index (χ2n) is 7.61. The van der Waals surface area contributed by atoms with E-state index in [4.69, 9.17) is 11.6 Å². The van der Waals surface area contributed by atoms with Gasteiger partial charge in [-0.25, -0.2) is 4.79 Å². The van der Waals surface area contributed by atoms with Crippen molar-refractivity contribution in [3.63, 3.8) is 0 Å². The highest BCUT2D eigenvalue weighted by molar-refractivity contribution is 6.30. The fourth-order valence-electron chi connectivity index (χ4n) is 4.13. The van der Waals surface area contributed by atoms with Crippen LogP contribution in [0.5, 0.6) is 0 Å². The van der Waals surface area contributed by atoms with Gasteiger partial charge in [0.15, 0.2) is 0 Å². The highest BCUT2D eigenvalue weighted by Gasteiger charge is 2.50. The van der Waals surface area contributed by atoms with Crippen molar-refractivity contribution in [3.8, 4) is 0 Å². The summed E-state index contributed by atoms with van der Waals surface area (Å²) in [5.41, 5.74) is 0.527. The molecule has 0 spiro atoms. The van der Waals surface area contributed by atoms with Crippen molar-refractivity contribution in [1.82, 2.24) is 15.1 Å². The Labute approximate surface area is 174 Å². The van der Waals surface area contributed by atoms with E-state index in [1.54, 1.807) is 36.1 Å². The number of amides is 4. The van der Waals surface area contributed by atoms with E-state index in [1.807, 2.05) is 30.3 Å². The summed E-state index contributed by atoms with van der Waals surface area (Å²) >= 11 is 5.97. The normalized spacial score (nSPS) is 24.1. The molecular weight excluding hydrogens is 390 g/mol. The predicted molar refractivity (Wildman–Crippen MR) is 109 cm³/mol. The van der Waals surface area contributed by atoms with Gasteiger partial charge >= 0.3 is 6.03 Å². The van der Waals surface area contributed by atoms with Gasteiger partial charge in [-0.1, -0.05) is 54.1 Å². The van der Waals surface area contributed by atoms with Gasteiger partial charge in [0.2, 0.25) is 5.91 Å². The quantitative estimate of drug-likeness (QED) is 0.783. The average Bonchev–Trinajstić information content (AvgIpc) is 3.29. The topological polar surface area (TPSA) is 69.7 Å². The molecule has 0 bridgehead atoms. The van der Waals surface area contributed by atoms with Crippen LogP contribution in [0.4, 0.5) is 4.79 Å². The van der Waals surface area contributed by atoms with Crippen LogP contribution in [-0.4, -0.2) is 40.7 Å². The van der Waals surface area contributed by atoms with Crippen LogP contribution in [0.25, 0.3) is 0 Å². The van der Waals surface area contributed by atoms with E-state index in [-0.39, 0.29) is 18.5 Å². The number of rotatable bonds is 4. The van der Waals surface area contributed by atoms with Crippen LogP contribution < -0.4 is 5.32 Å². The molecule has 0 aromatic heterocycles. The Morgan fingerprint density at radius 3 is 2.52 bits per heavy atom. The van der Waals surface area contributed by atoms with E-state index in [0.717, 1.165) is 23.3 Å². The largest absolute Gasteiger partial charge is 0.334 e. The molecule has 150 valence electrons. The van der Waals surface area contributed by atoms with Crippen molar-refractivity contribution in [3.05, 3.63) is 70.7 Å². The molecule has 29 heavy (non-hydrogen) atoms. The first-order valence-electron chi connectivity index (χ1n) is 9.65. The minimum atomic E-state index is -1.17. The molecule has 2 atom stereocenters. The number of nitrogens with zero attached hydrogens (tertiary/aromatic N) is 2. The highest BCUT2D eigenvalue weighted by Crippen LogP contribution is 2.33. The first-order valence-corrected chi connectivity index (χ1v) is 10.0. The first kappa shape index (κ1) is 19.5. The van der Waals surface area contributed by atoms with Gasteiger partial charge in [0.1, 0.15) is 12.1 Å². The third kappa shape index (κ3) is 3.49. The maximum Gasteiger partial charge on any atom is 0.325 e. The standard InChI is InChI=1S/C22H22ClN3O3/c1-22(16-6-3-2-4-7-16)20(28)26(21(29)24-22)14-19(27)25-13-5-8-18(25)15-9-11-17(23)12-10-15/h2-4,6-7,9-12,18H,5,8,13-14H2,1H3,(H,24,29). The molecule has 2 aliphatic heterocycles. The number of nitrogens with one attached hydrogen (secondary N) is 1. The number of hydrogen-bond acceptors (Lipinski definition) is 3. The molecule has 2 aliphatic rings.